The molecule has 0 radical (unpaired) electrons. The number of nitrogens with one attached hydrogen (secondary N) is 1. The first kappa shape index (κ1) is 12.0. The molecule has 1 fully saturated rings. The first-order chi connectivity index (χ1) is 8.16. The Hall–Kier alpha value is -1.42. The number of carbonyl (C=O) groups excluding carboxylic acids is 1. The van der Waals surface area contributed by atoms with Crippen LogP contribution in [0.4, 0.5) is 10.1 Å². The van der Waals surface area contributed by atoms with E-state index in [4.69, 9.17) is 11.6 Å². The Labute approximate surface area is 104 Å². The smallest absolute Gasteiger partial charge is 0.178 e. The predicted molar refractivity (Wildman–Crippen MR) is 65.9 cm³/mol. The van der Waals surface area contributed by atoms with Gasteiger partial charge < -0.3 is 0 Å². The van der Waals surface area contributed by atoms with Crippen molar-refractivity contribution in [2.45, 2.75) is 25.7 Å². The highest BCUT2D eigenvalue weighted by Crippen LogP contribution is 2.19. The molecule has 1 saturated carbocycles. The molecule has 90 valence electrons. The summed E-state index contributed by atoms with van der Waals surface area (Å²) in [6.07, 6.45) is 3.05. The number of anilines is 1. The summed E-state index contributed by atoms with van der Waals surface area (Å²) < 4.78 is 13.4. The Morgan fingerprint density at radius 2 is 2.06 bits per heavy atom. The molecular formula is C12H12ClFN2O. The summed E-state index contributed by atoms with van der Waals surface area (Å²) in [6.45, 7) is 0. The van der Waals surface area contributed by atoms with Crippen LogP contribution in [-0.4, -0.2) is 11.5 Å². The maximum Gasteiger partial charge on any atom is 0.178 e. The molecule has 0 aromatic heterocycles. The van der Waals surface area contributed by atoms with Crippen molar-refractivity contribution in [2.24, 2.45) is 5.10 Å². The van der Waals surface area contributed by atoms with Crippen molar-refractivity contribution in [3.63, 3.8) is 0 Å². The zero-order valence-corrected chi connectivity index (χ0v) is 9.93. The van der Waals surface area contributed by atoms with Crippen LogP contribution in [0.3, 0.4) is 0 Å². The second kappa shape index (κ2) is 5.27. The van der Waals surface area contributed by atoms with E-state index in [0.29, 0.717) is 23.6 Å². The van der Waals surface area contributed by atoms with Gasteiger partial charge in [0.2, 0.25) is 0 Å². The predicted octanol–water partition coefficient (Wildman–Crippen LogP) is 3.39. The van der Waals surface area contributed by atoms with Gasteiger partial charge in [0.05, 0.1) is 5.69 Å². The largest absolute Gasteiger partial charge is 0.293 e. The van der Waals surface area contributed by atoms with E-state index < -0.39 is 5.82 Å². The molecule has 0 saturated heterocycles. The maximum absolute atomic E-state index is 13.4. The van der Waals surface area contributed by atoms with Crippen molar-refractivity contribution >= 4 is 28.8 Å². The molecule has 0 spiro atoms. The van der Waals surface area contributed by atoms with Crippen LogP contribution in [0.5, 0.6) is 0 Å². The fraction of sp³-hybridized carbons (Fsp3) is 0.333. The number of hydrogen-bond donors (Lipinski definition) is 1. The third-order valence-corrected chi connectivity index (χ3v) is 2.87. The zero-order valence-electron chi connectivity index (χ0n) is 9.17. The monoisotopic (exact) mass is 254 g/mol. The Morgan fingerprint density at radius 1 is 1.29 bits per heavy atom. The summed E-state index contributed by atoms with van der Waals surface area (Å²) in [4.78, 5) is 11.5. The number of benzene rings is 1. The van der Waals surface area contributed by atoms with Crippen LogP contribution in [0.25, 0.3) is 0 Å². The molecule has 0 bridgehead atoms. The molecule has 0 atom stereocenters. The van der Waals surface area contributed by atoms with E-state index in [2.05, 4.69) is 10.5 Å². The highest BCUT2D eigenvalue weighted by molar-refractivity contribution is 6.40. The van der Waals surface area contributed by atoms with Gasteiger partial charge in [-0.25, -0.2) is 4.39 Å². The summed E-state index contributed by atoms with van der Waals surface area (Å²) in [7, 11) is 0. The Kier molecular flexibility index (Phi) is 3.74. The van der Waals surface area contributed by atoms with Crippen molar-refractivity contribution in [3.05, 3.63) is 29.0 Å². The van der Waals surface area contributed by atoms with Crippen LogP contribution in [0, 0.1) is 5.82 Å². The van der Waals surface area contributed by atoms with E-state index in [9.17, 15) is 9.18 Å². The molecule has 3 nitrogen and oxygen atoms in total. The van der Waals surface area contributed by atoms with Gasteiger partial charge in [0, 0.05) is 11.4 Å². The molecule has 1 aliphatic rings. The quantitative estimate of drug-likeness (QED) is 0.822. The van der Waals surface area contributed by atoms with E-state index in [1.54, 1.807) is 6.07 Å². The maximum atomic E-state index is 13.4. The van der Waals surface area contributed by atoms with Gasteiger partial charge in [0.25, 0.3) is 0 Å². The van der Waals surface area contributed by atoms with Gasteiger partial charge in [0.1, 0.15) is 11.5 Å². The van der Waals surface area contributed by atoms with Gasteiger partial charge in [-0.2, -0.15) is 5.10 Å². The topological polar surface area (TPSA) is 41.5 Å². The van der Waals surface area contributed by atoms with Crippen LogP contribution < -0.4 is 5.43 Å². The van der Waals surface area contributed by atoms with Gasteiger partial charge >= 0.3 is 0 Å². The van der Waals surface area contributed by atoms with Crippen molar-refractivity contribution in [2.75, 3.05) is 5.43 Å². The normalized spacial score (nSPS) is 18.5. The summed E-state index contributed by atoms with van der Waals surface area (Å²) in [5.74, 6) is -0.441. The third kappa shape index (κ3) is 3.03. The third-order valence-electron chi connectivity index (χ3n) is 2.63. The minimum absolute atomic E-state index is 0.0399. The van der Waals surface area contributed by atoms with Crippen LogP contribution in [0.15, 0.2) is 23.3 Å². The lowest BCUT2D eigenvalue weighted by Gasteiger charge is -2.11. The summed E-state index contributed by atoms with van der Waals surface area (Å²) in [6, 6.07) is 4.26. The summed E-state index contributed by atoms with van der Waals surface area (Å²) >= 11 is 5.63. The zero-order chi connectivity index (χ0) is 12.3. The highest BCUT2D eigenvalue weighted by Gasteiger charge is 2.16. The van der Waals surface area contributed by atoms with E-state index in [1.807, 2.05) is 0 Å². The Morgan fingerprint density at radius 3 is 2.76 bits per heavy atom. The number of hydrogen-bond acceptors (Lipinski definition) is 3. The number of carbonyl (C=O) groups is 1. The number of halogens is 2. The number of hydrazone groups is 1. The van der Waals surface area contributed by atoms with Gasteiger partial charge in [-0.15, -0.1) is 0 Å². The second-order valence-electron chi connectivity index (χ2n) is 3.92. The molecule has 1 aromatic rings. The average Bonchev–Trinajstić information content (AvgIpc) is 2.30. The van der Waals surface area contributed by atoms with Gasteiger partial charge in [-0.3, -0.25) is 10.2 Å². The van der Waals surface area contributed by atoms with Crippen LogP contribution in [0.2, 0.25) is 5.02 Å². The molecule has 0 aliphatic heterocycles. The number of Topliss-reactive ketones (excluding diaryl/α,β-unsaturated/α-hetero) is 1. The van der Waals surface area contributed by atoms with E-state index in [-0.39, 0.29) is 11.5 Å². The molecule has 0 unspecified atom stereocenters. The van der Waals surface area contributed by atoms with Crippen LogP contribution >= 0.6 is 11.6 Å². The standard InChI is InChI=1S/C12H12ClFN2O/c13-8-5-6-10(9(14)7-8)15-16-11-3-1-2-4-12(11)17/h5-7,15H,1-4H2/b16-11-. The highest BCUT2D eigenvalue weighted by atomic mass is 35.5. The molecule has 5 heteroatoms. The van der Waals surface area contributed by atoms with E-state index in [0.717, 1.165) is 12.8 Å². The summed E-state index contributed by atoms with van der Waals surface area (Å²) in [5, 5.41) is 4.29. The lowest BCUT2D eigenvalue weighted by atomic mass is 9.97. The molecule has 1 N–H and O–H groups in total. The SMILES string of the molecule is O=C1CCCC/C1=N/Nc1ccc(Cl)cc1F. The molecule has 0 amide bonds. The lowest BCUT2D eigenvalue weighted by Crippen LogP contribution is -2.19. The Balaban J connectivity index is 2.10. The molecule has 1 aromatic carbocycles. The lowest BCUT2D eigenvalue weighted by molar-refractivity contribution is -0.113. The first-order valence-electron chi connectivity index (χ1n) is 5.47. The van der Waals surface area contributed by atoms with Crippen molar-refractivity contribution in [1.82, 2.24) is 0 Å². The Bertz CT molecular complexity index is 474. The van der Waals surface area contributed by atoms with Gasteiger partial charge in [-0.1, -0.05) is 11.6 Å². The fourth-order valence-electron chi connectivity index (χ4n) is 1.69. The van der Waals surface area contributed by atoms with Crippen molar-refractivity contribution in [1.29, 1.82) is 0 Å². The number of rotatable bonds is 2. The van der Waals surface area contributed by atoms with Crippen LogP contribution in [-0.2, 0) is 4.79 Å². The average molecular weight is 255 g/mol. The molecule has 0 heterocycles. The molecule has 1 aliphatic carbocycles. The number of ketones is 1. The van der Waals surface area contributed by atoms with E-state index in [1.165, 1.54) is 12.1 Å². The minimum atomic E-state index is -0.481. The number of nitrogens with zero attached hydrogens (tertiary/aromatic N) is 1. The van der Waals surface area contributed by atoms with Crippen molar-refractivity contribution < 1.29 is 9.18 Å². The molecule has 17 heavy (non-hydrogen) atoms. The van der Waals surface area contributed by atoms with Crippen molar-refractivity contribution in [3.8, 4) is 0 Å². The molecular weight excluding hydrogens is 243 g/mol. The second-order valence-corrected chi connectivity index (χ2v) is 4.36. The van der Waals surface area contributed by atoms with Gasteiger partial charge in [-0.05, 0) is 37.5 Å². The van der Waals surface area contributed by atoms with Crippen LogP contribution in [0.1, 0.15) is 25.7 Å². The van der Waals surface area contributed by atoms with E-state index >= 15 is 0 Å². The molecule has 2 rings (SSSR count). The minimum Gasteiger partial charge on any atom is -0.293 e. The summed E-state index contributed by atoms with van der Waals surface area (Å²) in [5.41, 5.74) is 3.29. The van der Waals surface area contributed by atoms with Gasteiger partial charge in [0.15, 0.2) is 5.78 Å². The first-order valence-corrected chi connectivity index (χ1v) is 5.85. The fourth-order valence-corrected chi connectivity index (χ4v) is 1.85.